The molecule has 0 spiro atoms. The highest BCUT2D eigenvalue weighted by atomic mass is 35.5. The molecule has 10 heteroatoms. The standard InChI is InChI=1S/C19H20ClN5O4/c1-29-13-5-4-10(20)8-12(13)21-17(27)11-9-14(26)22-16-15(11)18(28)24-19(23-16)25-6-2-3-7-25/h4-5,8,11H,2-3,6-7,9H2,1H3,(H,21,27)(H2,22,23,24,26,28). The molecule has 1 saturated heterocycles. The van der Waals surface area contributed by atoms with Crippen LogP contribution in [0.2, 0.25) is 5.02 Å². The smallest absolute Gasteiger partial charge is 0.258 e. The maximum atomic E-state index is 13.0. The zero-order valence-electron chi connectivity index (χ0n) is 15.8. The third kappa shape index (κ3) is 3.77. The Balaban J connectivity index is 1.67. The number of hydrogen-bond acceptors (Lipinski definition) is 6. The number of nitrogens with zero attached hydrogens (tertiary/aromatic N) is 2. The van der Waals surface area contributed by atoms with Crippen LogP contribution < -0.4 is 25.8 Å². The number of methoxy groups -OCH3 is 1. The molecule has 1 aromatic carbocycles. The molecule has 29 heavy (non-hydrogen) atoms. The average molecular weight is 418 g/mol. The first kappa shape index (κ1) is 19.3. The van der Waals surface area contributed by atoms with Gasteiger partial charge in [0.05, 0.1) is 24.3 Å². The summed E-state index contributed by atoms with van der Waals surface area (Å²) in [5.74, 6) is -0.913. The topological polar surface area (TPSA) is 116 Å². The minimum atomic E-state index is -0.980. The van der Waals surface area contributed by atoms with Crippen molar-refractivity contribution in [2.75, 3.05) is 35.7 Å². The molecule has 1 fully saturated rings. The van der Waals surface area contributed by atoms with Crippen molar-refractivity contribution < 1.29 is 14.3 Å². The monoisotopic (exact) mass is 417 g/mol. The van der Waals surface area contributed by atoms with Gasteiger partial charge in [-0.05, 0) is 31.0 Å². The maximum absolute atomic E-state index is 13.0. The van der Waals surface area contributed by atoms with Crippen molar-refractivity contribution in [1.82, 2.24) is 9.97 Å². The number of fused-ring (bicyclic) bond motifs is 1. The van der Waals surface area contributed by atoms with Gasteiger partial charge in [-0.2, -0.15) is 4.98 Å². The van der Waals surface area contributed by atoms with Crippen LogP contribution in [-0.4, -0.2) is 42.0 Å². The number of ether oxygens (including phenoxy) is 1. The predicted octanol–water partition coefficient (Wildman–Crippen LogP) is 2.10. The molecule has 9 nitrogen and oxygen atoms in total. The van der Waals surface area contributed by atoms with Crippen LogP contribution in [0.25, 0.3) is 0 Å². The molecule has 0 aliphatic carbocycles. The second-order valence-corrected chi connectivity index (χ2v) is 7.42. The van der Waals surface area contributed by atoms with E-state index >= 15 is 0 Å². The van der Waals surface area contributed by atoms with E-state index in [2.05, 4.69) is 20.6 Å². The van der Waals surface area contributed by atoms with E-state index in [0.29, 0.717) is 22.4 Å². The lowest BCUT2D eigenvalue weighted by molar-refractivity contribution is -0.123. The van der Waals surface area contributed by atoms with Crippen LogP contribution in [-0.2, 0) is 9.59 Å². The molecule has 4 rings (SSSR count). The molecule has 1 aromatic heterocycles. The van der Waals surface area contributed by atoms with Crippen molar-refractivity contribution in [3.05, 3.63) is 39.1 Å². The fourth-order valence-corrected chi connectivity index (χ4v) is 3.83. The molecular formula is C19H20ClN5O4. The third-order valence-electron chi connectivity index (χ3n) is 5.08. The lowest BCUT2D eigenvalue weighted by atomic mass is 9.92. The van der Waals surface area contributed by atoms with Gasteiger partial charge in [0.15, 0.2) is 0 Å². The number of halogens is 1. The number of hydrogen-bond donors (Lipinski definition) is 3. The fraction of sp³-hybridized carbons (Fsp3) is 0.368. The summed E-state index contributed by atoms with van der Waals surface area (Å²) in [6, 6.07) is 4.80. The van der Waals surface area contributed by atoms with E-state index in [1.165, 1.54) is 7.11 Å². The van der Waals surface area contributed by atoms with Crippen molar-refractivity contribution in [1.29, 1.82) is 0 Å². The number of carbonyl (C=O) groups excluding carboxylic acids is 2. The summed E-state index contributed by atoms with van der Waals surface area (Å²) in [4.78, 5) is 47.1. The Morgan fingerprint density at radius 1 is 1.31 bits per heavy atom. The van der Waals surface area contributed by atoms with Crippen molar-refractivity contribution in [3.8, 4) is 5.75 Å². The molecule has 2 aromatic rings. The highest BCUT2D eigenvalue weighted by molar-refractivity contribution is 6.31. The van der Waals surface area contributed by atoms with Crippen LogP contribution in [0.15, 0.2) is 23.0 Å². The van der Waals surface area contributed by atoms with Gasteiger partial charge in [0.2, 0.25) is 17.8 Å². The van der Waals surface area contributed by atoms with E-state index in [1.54, 1.807) is 18.2 Å². The molecule has 2 aliphatic rings. The molecule has 2 aliphatic heterocycles. The minimum Gasteiger partial charge on any atom is -0.495 e. The Labute approximate surface area is 171 Å². The molecule has 0 radical (unpaired) electrons. The first-order valence-corrected chi connectivity index (χ1v) is 9.67. The molecule has 0 saturated carbocycles. The van der Waals surface area contributed by atoms with Crippen molar-refractivity contribution in [2.45, 2.75) is 25.2 Å². The van der Waals surface area contributed by atoms with Gasteiger partial charge in [-0.1, -0.05) is 11.6 Å². The molecular weight excluding hydrogens is 398 g/mol. The number of aromatic nitrogens is 2. The molecule has 3 heterocycles. The Bertz CT molecular complexity index is 1030. The van der Waals surface area contributed by atoms with Gasteiger partial charge >= 0.3 is 0 Å². The number of anilines is 3. The van der Waals surface area contributed by atoms with Crippen LogP contribution in [0.4, 0.5) is 17.5 Å². The number of amides is 2. The van der Waals surface area contributed by atoms with E-state index in [9.17, 15) is 14.4 Å². The number of carbonyl (C=O) groups is 2. The van der Waals surface area contributed by atoms with Gasteiger partial charge in [0.1, 0.15) is 11.6 Å². The van der Waals surface area contributed by atoms with E-state index in [1.807, 2.05) is 4.90 Å². The van der Waals surface area contributed by atoms with Crippen molar-refractivity contribution in [2.24, 2.45) is 0 Å². The number of H-pyrrole nitrogens is 1. The van der Waals surface area contributed by atoms with Gasteiger partial charge < -0.3 is 20.3 Å². The van der Waals surface area contributed by atoms with Crippen LogP contribution in [0.3, 0.4) is 0 Å². The highest BCUT2D eigenvalue weighted by Crippen LogP contribution is 2.33. The van der Waals surface area contributed by atoms with Crippen LogP contribution in [0.1, 0.15) is 30.7 Å². The number of rotatable bonds is 4. The van der Waals surface area contributed by atoms with Crippen LogP contribution in [0, 0.1) is 0 Å². The Kier molecular flexibility index (Phi) is 5.14. The van der Waals surface area contributed by atoms with Crippen LogP contribution in [0.5, 0.6) is 5.75 Å². The number of aromatic amines is 1. The highest BCUT2D eigenvalue weighted by Gasteiger charge is 2.35. The van der Waals surface area contributed by atoms with Crippen LogP contribution >= 0.6 is 11.6 Å². The summed E-state index contributed by atoms with van der Waals surface area (Å²) in [5.41, 5.74) is 0.0664. The molecule has 152 valence electrons. The molecule has 1 unspecified atom stereocenters. The van der Waals surface area contributed by atoms with E-state index in [0.717, 1.165) is 25.9 Å². The average Bonchev–Trinajstić information content (AvgIpc) is 3.22. The second kappa shape index (κ2) is 7.75. The zero-order chi connectivity index (χ0) is 20.5. The van der Waals surface area contributed by atoms with Crippen molar-refractivity contribution in [3.63, 3.8) is 0 Å². The predicted molar refractivity (Wildman–Crippen MR) is 109 cm³/mol. The van der Waals surface area contributed by atoms with E-state index in [4.69, 9.17) is 16.3 Å². The summed E-state index contributed by atoms with van der Waals surface area (Å²) < 4.78 is 5.24. The molecule has 3 N–H and O–H groups in total. The third-order valence-corrected chi connectivity index (χ3v) is 5.32. The summed E-state index contributed by atoms with van der Waals surface area (Å²) >= 11 is 6.01. The largest absolute Gasteiger partial charge is 0.495 e. The Morgan fingerprint density at radius 3 is 2.79 bits per heavy atom. The lowest BCUT2D eigenvalue weighted by Gasteiger charge is -2.25. The first-order valence-electron chi connectivity index (χ1n) is 9.29. The fourth-order valence-electron chi connectivity index (χ4n) is 3.66. The van der Waals surface area contributed by atoms with E-state index in [-0.39, 0.29) is 23.7 Å². The summed E-state index contributed by atoms with van der Waals surface area (Å²) in [6.07, 6.45) is 1.87. The quantitative estimate of drug-likeness (QED) is 0.701. The first-order chi connectivity index (χ1) is 14.0. The summed E-state index contributed by atoms with van der Waals surface area (Å²) in [7, 11) is 1.47. The normalized spacial score (nSPS) is 18.2. The summed E-state index contributed by atoms with van der Waals surface area (Å²) in [6.45, 7) is 1.57. The van der Waals surface area contributed by atoms with Gasteiger partial charge in [0, 0.05) is 24.5 Å². The maximum Gasteiger partial charge on any atom is 0.258 e. The minimum absolute atomic E-state index is 0.130. The van der Waals surface area contributed by atoms with Gasteiger partial charge in [-0.15, -0.1) is 0 Å². The number of nitrogens with one attached hydrogen (secondary N) is 3. The summed E-state index contributed by atoms with van der Waals surface area (Å²) in [5, 5.41) is 5.75. The molecule has 1 atom stereocenters. The van der Waals surface area contributed by atoms with Gasteiger partial charge in [-0.3, -0.25) is 19.4 Å². The SMILES string of the molecule is COc1ccc(Cl)cc1NC(=O)C1CC(=O)Nc2nc(N3CCCC3)[nH]c(=O)c21. The zero-order valence-corrected chi connectivity index (χ0v) is 16.5. The Hall–Kier alpha value is -3.07. The van der Waals surface area contributed by atoms with Crippen molar-refractivity contribution >= 4 is 40.9 Å². The van der Waals surface area contributed by atoms with Gasteiger partial charge in [0.25, 0.3) is 5.56 Å². The molecule has 0 bridgehead atoms. The Morgan fingerprint density at radius 2 is 2.07 bits per heavy atom. The second-order valence-electron chi connectivity index (χ2n) is 6.98. The lowest BCUT2D eigenvalue weighted by Crippen LogP contribution is -2.37. The van der Waals surface area contributed by atoms with Gasteiger partial charge in [-0.25, -0.2) is 0 Å². The number of benzene rings is 1. The molecule has 2 amide bonds. The van der Waals surface area contributed by atoms with E-state index < -0.39 is 17.4 Å².